The molecule has 1 heterocycles. The van der Waals surface area contributed by atoms with Gasteiger partial charge in [-0.2, -0.15) is 4.98 Å². The average molecular weight is 215 g/mol. The summed E-state index contributed by atoms with van der Waals surface area (Å²) in [4.78, 5) is 14.1. The summed E-state index contributed by atoms with van der Waals surface area (Å²) in [7, 11) is 0. The second kappa shape index (κ2) is 4.92. The number of carboxylic acids is 1. The van der Waals surface area contributed by atoms with Gasteiger partial charge in [-0.25, -0.2) is 9.18 Å². The predicted molar refractivity (Wildman–Crippen MR) is 52.4 cm³/mol. The number of hydrogen-bond donors (Lipinski definition) is 1. The average Bonchev–Trinajstić information content (AvgIpc) is 2.68. The Morgan fingerprint density at radius 2 is 1.94 bits per heavy atom. The summed E-state index contributed by atoms with van der Waals surface area (Å²) < 4.78 is 17.0. The minimum atomic E-state index is -1.30. The van der Waals surface area contributed by atoms with E-state index < -0.39 is 11.9 Å². The number of aromatic carboxylic acids is 1. The molecule has 2 rings (SSSR count). The van der Waals surface area contributed by atoms with Gasteiger partial charge in [0, 0.05) is 24.4 Å². The molecule has 1 radical (unpaired) electrons. The van der Waals surface area contributed by atoms with Gasteiger partial charge in [-0.15, -0.1) is 0 Å². The van der Waals surface area contributed by atoms with Gasteiger partial charge in [0.05, 0.1) is 0 Å². The minimum Gasteiger partial charge on any atom is -0.474 e. The summed E-state index contributed by atoms with van der Waals surface area (Å²) in [6.07, 6.45) is 0. The van der Waals surface area contributed by atoms with Crippen molar-refractivity contribution in [3.8, 4) is 11.4 Å². The Kier molecular flexibility index (Phi) is 3.82. The maximum absolute atomic E-state index is 12.6. The van der Waals surface area contributed by atoms with Crippen molar-refractivity contribution in [2.75, 3.05) is 0 Å². The van der Waals surface area contributed by atoms with E-state index in [0.717, 1.165) is 0 Å². The third-order valence-corrected chi connectivity index (χ3v) is 1.71. The first-order chi connectivity index (χ1) is 7.16. The molecule has 1 aromatic heterocycles. The van der Waals surface area contributed by atoms with Crippen molar-refractivity contribution in [2.24, 2.45) is 0 Å². The number of carbonyl (C=O) groups is 1. The molecule has 0 fully saturated rings. The molecule has 0 atom stereocenters. The van der Waals surface area contributed by atoms with Gasteiger partial charge in [0.1, 0.15) is 5.82 Å². The molecule has 0 aliphatic carbocycles. The van der Waals surface area contributed by atoms with Crippen LogP contribution >= 0.6 is 0 Å². The van der Waals surface area contributed by atoms with E-state index in [1.807, 2.05) is 0 Å². The fourth-order valence-corrected chi connectivity index (χ4v) is 1.03. The largest absolute Gasteiger partial charge is 0.474 e. The summed E-state index contributed by atoms with van der Waals surface area (Å²) in [6, 6.07) is 5.33. The monoisotopic (exact) mass is 215 g/mol. The van der Waals surface area contributed by atoms with Crippen LogP contribution in [0.25, 0.3) is 11.4 Å². The van der Waals surface area contributed by atoms with Gasteiger partial charge in [-0.05, 0) is 24.3 Å². The number of halogens is 1. The Labute approximate surface area is 101 Å². The number of rotatable bonds is 2. The van der Waals surface area contributed by atoms with Gasteiger partial charge >= 0.3 is 11.9 Å². The molecule has 0 bridgehead atoms. The Hall–Kier alpha value is -1.64. The van der Waals surface area contributed by atoms with Crippen molar-refractivity contribution in [3.05, 3.63) is 36.0 Å². The Morgan fingerprint density at radius 3 is 2.44 bits per heavy atom. The second-order valence-electron chi connectivity index (χ2n) is 2.74. The molecule has 77 valence electrons. The molecule has 0 amide bonds. The zero-order valence-corrected chi connectivity index (χ0v) is 8.35. The Balaban J connectivity index is 0.00000128. The van der Waals surface area contributed by atoms with E-state index in [1.54, 1.807) is 0 Å². The van der Waals surface area contributed by atoms with Crippen LogP contribution in [-0.2, 0) is 0 Å². The second-order valence-corrected chi connectivity index (χ2v) is 2.74. The number of nitrogens with zero attached hydrogens (tertiary/aromatic N) is 2. The van der Waals surface area contributed by atoms with Crippen LogP contribution in [0.3, 0.4) is 0 Å². The first-order valence-electron chi connectivity index (χ1n) is 4.00. The van der Waals surface area contributed by atoms with E-state index in [0.29, 0.717) is 5.56 Å². The molecule has 1 aromatic carbocycles. The van der Waals surface area contributed by atoms with Crippen LogP contribution in [-0.4, -0.2) is 40.1 Å². The molecular formula is C9H5FLiN2O3. The van der Waals surface area contributed by atoms with Crippen molar-refractivity contribution < 1.29 is 18.8 Å². The molecular weight excluding hydrogens is 210 g/mol. The molecule has 0 saturated carbocycles. The molecule has 0 saturated heterocycles. The molecule has 7 heteroatoms. The van der Waals surface area contributed by atoms with Gasteiger partial charge in [0.2, 0.25) is 5.82 Å². The van der Waals surface area contributed by atoms with Crippen molar-refractivity contribution in [3.63, 3.8) is 0 Å². The zero-order valence-electron chi connectivity index (χ0n) is 8.35. The molecule has 0 aliphatic rings. The van der Waals surface area contributed by atoms with Gasteiger partial charge in [-0.1, -0.05) is 5.16 Å². The van der Waals surface area contributed by atoms with E-state index in [4.69, 9.17) is 5.11 Å². The maximum Gasteiger partial charge on any atom is 0.394 e. The normalized spacial score (nSPS) is 9.56. The summed E-state index contributed by atoms with van der Waals surface area (Å²) in [6.45, 7) is 0. The van der Waals surface area contributed by atoms with Crippen molar-refractivity contribution in [1.82, 2.24) is 10.1 Å². The molecule has 1 N–H and O–H groups in total. The molecule has 0 unspecified atom stereocenters. The van der Waals surface area contributed by atoms with E-state index in [9.17, 15) is 9.18 Å². The third kappa shape index (κ3) is 2.48. The SMILES string of the molecule is O=C(O)c1nc(-c2ccc(F)cc2)no1.[Li]. The van der Waals surface area contributed by atoms with E-state index in [-0.39, 0.29) is 30.5 Å². The predicted octanol–water partition coefficient (Wildman–Crippen LogP) is 1.19. The van der Waals surface area contributed by atoms with Crippen molar-refractivity contribution in [2.45, 2.75) is 0 Å². The maximum atomic E-state index is 12.6. The summed E-state index contributed by atoms with van der Waals surface area (Å²) in [5, 5.41) is 12.0. The van der Waals surface area contributed by atoms with E-state index >= 15 is 0 Å². The number of aromatic nitrogens is 2. The number of carboxylic acid groups (broad SMARTS) is 1. The summed E-state index contributed by atoms with van der Waals surface area (Å²) in [5.41, 5.74) is 0.493. The quantitative estimate of drug-likeness (QED) is 0.761. The van der Waals surface area contributed by atoms with E-state index in [2.05, 4.69) is 14.7 Å². The van der Waals surface area contributed by atoms with Gasteiger partial charge in [0.25, 0.3) is 0 Å². The standard InChI is InChI=1S/C9H5FN2O3.Li/c10-6-3-1-5(2-4-6)7-11-8(9(13)14)15-12-7;/h1-4H,(H,13,14);. The number of hydrogen-bond acceptors (Lipinski definition) is 4. The fraction of sp³-hybridized carbons (Fsp3) is 0. The molecule has 2 aromatic rings. The third-order valence-electron chi connectivity index (χ3n) is 1.71. The minimum absolute atomic E-state index is 0. The molecule has 5 nitrogen and oxygen atoms in total. The van der Waals surface area contributed by atoms with Crippen LogP contribution in [0.15, 0.2) is 28.8 Å². The molecule has 0 spiro atoms. The van der Waals surface area contributed by atoms with Gasteiger partial charge < -0.3 is 9.63 Å². The van der Waals surface area contributed by atoms with Crippen molar-refractivity contribution >= 4 is 24.8 Å². The van der Waals surface area contributed by atoms with Crippen LogP contribution < -0.4 is 0 Å². The van der Waals surface area contributed by atoms with Crippen molar-refractivity contribution in [1.29, 1.82) is 0 Å². The van der Waals surface area contributed by atoms with Crippen LogP contribution in [0, 0.1) is 5.82 Å². The summed E-state index contributed by atoms with van der Waals surface area (Å²) >= 11 is 0. The van der Waals surface area contributed by atoms with Gasteiger partial charge in [0.15, 0.2) is 0 Å². The number of benzene rings is 1. The van der Waals surface area contributed by atoms with Crippen LogP contribution in [0.5, 0.6) is 0 Å². The Morgan fingerprint density at radius 1 is 1.31 bits per heavy atom. The summed E-state index contributed by atoms with van der Waals surface area (Å²) in [5.74, 6) is -2.06. The van der Waals surface area contributed by atoms with Crippen LogP contribution in [0.4, 0.5) is 4.39 Å². The first kappa shape index (κ1) is 12.4. The molecule has 16 heavy (non-hydrogen) atoms. The van der Waals surface area contributed by atoms with Crippen LogP contribution in [0.2, 0.25) is 0 Å². The fourth-order valence-electron chi connectivity index (χ4n) is 1.03. The van der Waals surface area contributed by atoms with Gasteiger partial charge in [-0.3, -0.25) is 0 Å². The smallest absolute Gasteiger partial charge is 0.394 e. The molecule has 0 aliphatic heterocycles. The first-order valence-corrected chi connectivity index (χ1v) is 4.00. The van der Waals surface area contributed by atoms with E-state index in [1.165, 1.54) is 24.3 Å². The Bertz CT molecular complexity index is 498. The topological polar surface area (TPSA) is 76.2 Å². The zero-order chi connectivity index (χ0) is 10.8. The van der Waals surface area contributed by atoms with Crippen LogP contribution in [0.1, 0.15) is 10.7 Å².